The Morgan fingerprint density at radius 1 is 1.36 bits per heavy atom. The van der Waals surface area contributed by atoms with Crippen LogP contribution in [-0.4, -0.2) is 39.8 Å². The number of halogens is 2. The van der Waals surface area contributed by atoms with Gasteiger partial charge in [0.1, 0.15) is 5.82 Å². The number of ether oxygens (including phenoxy) is 2. The molecule has 5 nitrogen and oxygen atoms in total. The highest BCUT2D eigenvalue weighted by atomic mass is 35.5. The van der Waals surface area contributed by atoms with Crippen LogP contribution < -0.4 is 20.1 Å². The maximum absolute atomic E-state index is 14.0. The number of hydrogen-bond donors (Lipinski definition) is 2. The largest absolute Gasteiger partial charge is 0.493 e. The first-order valence-electron chi connectivity index (χ1n) is 7.06. The Kier molecular flexibility index (Phi) is 7.41. The van der Waals surface area contributed by atoms with Crippen LogP contribution in [0.3, 0.4) is 0 Å². The van der Waals surface area contributed by atoms with E-state index in [1.165, 1.54) is 20.3 Å². The maximum Gasteiger partial charge on any atom is 0.254 e. The van der Waals surface area contributed by atoms with Gasteiger partial charge in [0.05, 0.1) is 19.8 Å². The molecule has 2 rings (SSSR count). The minimum Gasteiger partial charge on any atom is -0.493 e. The zero-order valence-electron chi connectivity index (χ0n) is 12.8. The third-order valence-electron chi connectivity index (χ3n) is 3.67. The van der Waals surface area contributed by atoms with Crippen LogP contribution in [0, 0.1) is 11.7 Å². The van der Waals surface area contributed by atoms with Crippen LogP contribution >= 0.6 is 12.4 Å². The van der Waals surface area contributed by atoms with E-state index < -0.39 is 11.7 Å². The molecule has 1 fully saturated rings. The molecule has 1 aliphatic rings. The zero-order chi connectivity index (χ0) is 15.2. The van der Waals surface area contributed by atoms with E-state index in [4.69, 9.17) is 9.47 Å². The van der Waals surface area contributed by atoms with Gasteiger partial charge in [-0.25, -0.2) is 4.39 Å². The molecule has 1 saturated heterocycles. The molecule has 1 aromatic carbocycles. The van der Waals surface area contributed by atoms with Gasteiger partial charge in [-0.1, -0.05) is 0 Å². The van der Waals surface area contributed by atoms with E-state index in [-0.39, 0.29) is 23.7 Å². The SMILES string of the molecule is COc1cc(F)c(C(=O)NCC2CCCNC2)cc1OC.Cl. The Morgan fingerprint density at radius 2 is 2.05 bits per heavy atom. The highest BCUT2D eigenvalue weighted by molar-refractivity contribution is 5.95. The Balaban J connectivity index is 0.00000242. The second kappa shape index (κ2) is 8.80. The van der Waals surface area contributed by atoms with Gasteiger partial charge in [0.25, 0.3) is 5.91 Å². The Hall–Kier alpha value is -1.53. The van der Waals surface area contributed by atoms with E-state index in [1.807, 2.05) is 0 Å². The second-order valence-corrected chi connectivity index (χ2v) is 5.11. The highest BCUT2D eigenvalue weighted by Gasteiger charge is 2.19. The normalized spacial score (nSPS) is 17.3. The quantitative estimate of drug-likeness (QED) is 0.866. The molecule has 124 valence electrons. The number of amides is 1. The Morgan fingerprint density at radius 3 is 2.64 bits per heavy atom. The molecule has 0 aromatic heterocycles. The number of benzene rings is 1. The van der Waals surface area contributed by atoms with Gasteiger partial charge in [0.2, 0.25) is 0 Å². The molecular weight excluding hydrogens is 311 g/mol. The fourth-order valence-corrected chi connectivity index (χ4v) is 2.46. The fraction of sp³-hybridized carbons (Fsp3) is 0.533. The minimum atomic E-state index is -0.619. The Bertz CT molecular complexity index is 508. The molecule has 2 N–H and O–H groups in total. The molecule has 1 aromatic rings. The third kappa shape index (κ3) is 4.48. The van der Waals surface area contributed by atoms with Gasteiger partial charge in [0, 0.05) is 12.6 Å². The van der Waals surface area contributed by atoms with E-state index in [0.29, 0.717) is 18.2 Å². The van der Waals surface area contributed by atoms with E-state index in [1.54, 1.807) is 0 Å². The van der Waals surface area contributed by atoms with Crippen LogP contribution in [0.5, 0.6) is 11.5 Å². The predicted octanol–water partition coefficient (Wildman–Crippen LogP) is 1.99. The van der Waals surface area contributed by atoms with Crippen LogP contribution in [0.25, 0.3) is 0 Å². The molecule has 0 radical (unpaired) electrons. The van der Waals surface area contributed by atoms with Gasteiger partial charge in [-0.15, -0.1) is 12.4 Å². The molecule has 1 unspecified atom stereocenters. The molecule has 22 heavy (non-hydrogen) atoms. The van der Waals surface area contributed by atoms with Crippen molar-refractivity contribution in [3.8, 4) is 11.5 Å². The van der Waals surface area contributed by atoms with E-state index in [2.05, 4.69) is 10.6 Å². The summed E-state index contributed by atoms with van der Waals surface area (Å²) in [6, 6.07) is 2.53. The van der Waals surface area contributed by atoms with Crippen molar-refractivity contribution < 1.29 is 18.7 Å². The molecule has 0 saturated carbocycles. The molecule has 1 amide bonds. The fourth-order valence-electron chi connectivity index (χ4n) is 2.46. The molecule has 1 atom stereocenters. The summed E-state index contributed by atoms with van der Waals surface area (Å²) in [5.41, 5.74) is -0.0311. The summed E-state index contributed by atoms with van der Waals surface area (Å²) in [7, 11) is 2.87. The molecule has 1 heterocycles. The van der Waals surface area contributed by atoms with Gasteiger partial charge < -0.3 is 20.1 Å². The lowest BCUT2D eigenvalue weighted by molar-refractivity contribution is 0.0940. The van der Waals surface area contributed by atoms with Crippen LogP contribution in [0.15, 0.2) is 12.1 Å². The van der Waals surface area contributed by atoms with Crippen LogP contribution in [0.4, 0.5) is 4.39 Å². The van der Waals surface area contributed by atoms with Gasteiger partial charge in [0.15, 0.2) is 11.5 Å². The first-order valence-corrected chi connectivity index (χ1v) is 7.06. The molecule has 0 spiro atoms. The number of nitrogens with one attached hydrogen (secondary N) is 2. The smallest absolute Gasteiger partial charge is 0.254 e. The first kappa shape index (κ1) is 18.5. The monoisotopic (exact) mass is 332 g/mol. The summed E-state index contributed by atoms with van der Waals surface area (Å²) in [5, 5.41) is 6.06. The van der Waals surface area contributed by atoms with Crippen molar-refractivity contribution in [2.45, 2.75) is 12.8 Å². The minimum absolute atomic E-state index is 0. The lowest BCUT2D eigenvalue weighted by Crippen LogP contribution is -2.38. The van der Waals surface area contributed by atoms with Gasteiger partial charge in [-0.2, -0.15) is 0 Å². The van der Waals surface area contributed by atoms with E-state index in [0.717, 1.165) is 32.0 Å². The van der Waals surface area contributed by atoms with E-state index >= 15 is 0 Å². The summed E-state index contributed by atoms with van der Waals surface area (Å²) >= 11 is 0. The number of methoxy groups -OCH3 is 2. The topological polar surface area (TPSA) is 59.6 Å². The number of carbonyl (C=O) groups excluding carboxylic acids is 1. The van der Waals surface area contributed by atoms with Gasteiger partial charge >= 0.3 is 0 Å². The summed E-state index contributed by atoms with van der Waals surface area (Å²) in [5.74, 6) is -0.0525. The molecule has 1 aliphatic heterocycles. The van der Waals surface area contributed by atoms with Crippen molar-refractivity contribution in [3.63, 3.8) is 0 Å². The van der Waals surface area contributed by atoms with Crippen LogP contribution in [0.1, 0.15) is 23.2 Å². The lowest BCUT2D eigenvalue weighted by atomic mass is 9.99. The third-order valence-corrected chi connectivity index (χ3v) is 3.67. The van der Waals surface area contributed by atoms with Crippen molar-refractivity contribution in [2.75, 3.05) is 33.9 Å². The number of piperidine rings is 1. The van der Waals surface area contributed by atoms with Crippen LogP contribution in [0.2, 0.25) is 0 Å². The number of rotatable bonds is 5. The highest BCUT2D eigenvalue weighted by Crippen LogP contribution is 2.29. The zero-order valence-corrected chi connectivity index (χ0v) is 13.6. The average molecular weight is 333 g/mol. The average Bonchev–Trinajstić information content (AvgIpc) is 2.53. The molecule has 0 bridgehead atoms. The standard InChI is InChI=1S/C15H21FN2O3.ClH/c1-20-13-6-11(12(16)7-14(13)21-2)15(19)18-9-10-4-3-5-17-8-10;/h6-7,10,17H,3-5,8-9H2,1-2H3,(H,18,19);1H. The van der Waals surface area contributed by atoms with Gasteiger partial charge in [-0.05, 0) is 37.9 Å². The van der Waals surface area contributed by atoms with E-state index in [9.17, 15) is 9.18 Å². The Labute approximate surface area is 136 Å². The summed E-state index contributed by atoms with van der Waals surface area (Å²) in [4.78, 5) is 12.1. The predicted molar refractivity (Wildman–Crippen MR) is 84.7 cm³/mol. The first-order chi connectivity index (χ1) is 10.2. The summed E-state index contributed by atoms with van der Waals surface area (Å²) < 4.78 is 24.1. The van der Waals surface area contributed by atoms with Crippen LogP contribution in [-0.2, 0) is 0 Å². The summed E-state index contributed by atoms with van der Waals surface area (Å²) in [6.45, 7) is 2.45. The van der Waals surface area contributed by atoms with Crippen molar-refractivity contribution in [3.05, 3.63) is 23.5 Å². The molecule has 0 aliphatic carbocycles. The number of carbonyl (C=O) groups is 1. The second-order valence-electron chi connectivity index (χ2n) is 5.11. The lowest BCUT2D eigenvalue weighted by Gasteiger charge is -2.23. The summed E-state index contributed by atoms with van der Waals surface area (Å²) in [6.07, 6.45) is 2.17. The van der Waals surface area contributed by atoms with Crippen molar-refractivity contribution in [1.29, 1.82) is 0 Å². The van der Waals surface area contributed by atoms with Crippen molar-refractivity contribution in [2.24, 2.45) is 5.92 Å². The van der Waals surface area contributed by atoms with Gasteiger partial charge in [-0.3, -0.25) is 4.79 Å². The molecular formula is C15H22ClFN2O3. The number of hydrogen-bond acceptors (Lipinski definition) is 4. The van der Waals surface area contributed by atoms with Crippen molar-refractivity contribution in [1.82, 2.24) is 10.6 Å². The van der Waals surface area contributed by atoms with Crippen molar-refractivity contribution >= 4 is 18.3 Å². The molecule has 7 heteroatoms. The maximum atomic E-state index is 14.0.